The lowest BCUT2D eigenvalue weighted by Crippen LogP contribution is -1.96. The van der Waals surface area contributed by atoms with Crippen LogP contribution in [0.3, 0.4) is 0 Å². The van der Waals surface area contributed by atoms with E-state index in [-0.39, 0.29) is 5.76 Å². The Morgan fingerprint density at radius 2 is 2.21 bits per heavy atom. The molecule has 3 rings (SSSR count). The average molecular weight is 440 g/mol. The summed E-state index contributed by atoms with van der Waals surface area (Å²) in [6.07, 6.45) is 4.12. The molecule has 29 heavy (non-hydrogen) atoms. The van der Waals surface area contributed by atoms with Crippen molar-refractivity contribution in [2.75, 3.05) is 10.8 Å². The zero-order chi connectivity index (χ0) is 20.6. The first-order valence-corrected chi connectivity index (χ1v) is 12.2. The minimum Gasteiger partial charge on any atom is -0.508 e. The lowest BCUT2D eigenvalue weighted by atomic mass is 9.99. The van der Waals surface area contributed by atoms with Crippen molar-refractivity contribution in [3.8, 4) is 27.9 Å². The lowest BCUT2D eigenvalue weighted by molar-refractivity contribution is 0.514. The number of pyridine rings is 1. The summed E-state index contributed by atoms with van der Waals surface area (Å²) in [5, 5.41) is 24.0. The number of nitrogens with zero attached hydrogens (tertiary/aromatic N) is 3. The Labute approximate surface area is 183 Å². The van der Waals surface area contributed by atoms with Gasteiger partial charge in [-0.25, -0.2) is 9.97 Å². The van der Waals surface area contributed by atoms with Crippen molar-refractivity contribution in [1.82, 2.24) is 9.97 Å². The van der Waals surface area contributed by atoms with Crippen LogP contribution in [0, 0.1) is 11.3 Å². The summed E-state index contributed by atoms with van der Waals surface area (Å²) < 4.78 is 0. The summed E-state index contributed by atoms with van der Waals surface area (Å²) in [5.41, 5.74) is 3.56. The molecular formula is C22H21N3OS3. The van der Waals surface area contributed by atoms with E-state index in [1.54, 1.807) is 24.0 Å². The molecule has 0 aliphatic rings. The van der Waals surface area contributed by atoms with E-state index in [9.17, 15) is 10.4 Å². The molecule has 7 heteroatoms. The zero-order valence-electron chi connectivity index (χ0n) is 16.1. The normalized spacial score (nSPS) is 10.6. The summed E-state index contributed by atoms with van der Waals surface area (Å²) >= 11 is 4.97. The standard InChI is InChI=1S/C22H21N3OS3/c1-3-4-9-27-14-29-21-19(13-23)18(12-20(25-21)22-24-8-10-28-22)17-7-5-6-16(11-17)15(2)26/h5-8,10-12,26H,2-4,9,14H2,1H3. The van der Waals surface area contributed by atoms with Gasteiger partial charge in [-0.15, -0.1) is 11.3 Å². The number of unbranched alkanes of at least 4 members (excludes halogenated alkanes) is 1. The summed E-state index contributed by atoms with van der Waals surface area (Å²) in [5.74, 6) is 1.10. The van der Waals surface area contributed by atoms with Crippen LogP contribution in [0.4, 0.5) is 0 Å². The second-order valence-electron chi connectivity index (χ2n) is 6.24. The molecule has 0 radical (unpaired) electrons. The van der Waals surface area contributed by atoms with Crippen LogP contribution in [0.15, 0.2) is 53.5 Å². The van der Waals surface area contributed by atoms with Gasteiger partial charge in [-0.3, -0.25) is 0 Å². The number of nitriles is 1. The van der Waals surface area contributed by atoms with Gasteiger partial charge in [0.25, 0.3) is 0 Å². The molecule has 0 fully saturated rings. The molecular weight excluding hydrogens is 418 g/mol. The van der Waals surface area contributed by atoms with Crippen LogP contribution in [0.25, 0.3) is 27.6 Å². The van der Waals surface area contributed by atoms with E-state index in [1.807, 2.05) is 41.4 Å². The molecule has 0 bridgehead atoms. The SMILES string of the molecule is C=C(O)c1cccc(-c2cc(-c3nccs3)nc(SCSCCCC)c2C#N)c1. The molecule has 0 saturated carbocycles. The number of aromatic nitrogens is 2. The molecule has 0 amide bonds. The first-order chi connectivity index (χ1) is 14.1. The number of rotatable bonds is 9. The maximum absolute atomic E-state index is 9.91. The number of hydrogen-bond acceptors (Lipinski definition) is 7. The maximum atomic E-state index is 9.91. The Balaban J connectivity index is 2.05. The monoisotopic (exact) mass is 439 g/mol. The van der Waals surface area contributed by atoms with Crippen molar-refractivity contribution in [3.63, 3.8) is 0 Å². The molecule has 0 aliphatic carbocycles. The largest absolute Gasteiger partial charge is 0.508 e. The number of aliphatic hydroxyl groups is 1. The third-order valence-corrected chi connectivity index (χ3v) is 7.26. The van der Waals surface area contributed by atoms with Crippen LogP contribution in [0.2, 0.25) is 0 Å². The molecule has 2 heterocycles. The summed E-state index contributed by atoms with van der Waals surface area (Å²) in [4.78, 5) is 9.14. The molecule has 0 aliphatic heterocycles. The molecule has 0 unspecified atom stereocenters. The minimum atomic E-state index is 0.00137. The van der Waals surface area contributed by atoms with Crippen molar-refractivity contribution < 1.29 is 5.11 Å². The van der Waals surface area contributed by atoms with E-state index in [4.69, 9.17) is 4.98 Å². The van der Waals surface area contributed by atoms with Crippen molar-refractivity contribution in [1.29, 1.82) is 5.26 Å². The molecule has 1 aromatic carbocycles. The Kier molecular flexibility index (Phi) is 7.76. The first kappa shape index (κ1) is 21.4. The summed E-state index contributed by atoms with van der Waals surface area (Å²) in [7, 11) is 0. The number of thiazole rings is 1. The van der Waals surface area contributed by atoms with Gasteiger partial charge >= 0.3 is 0 Å². The third kappa shape index (κ3) is 5.41. The Morgan fingerprint density at radius 1 is 1.34 bits per heavy atom. The van der Waals surface area contributed by atoms with Crippen molar-refractivity contribution in [2.45, 2.75) is 24.8 Å². The molecule has 1 N–H and O–H groups in total. The molecule has 0 saturated heterocycles. The topological polar surface area (TPSA) is 69.8 Å². The Hall–Kier alpha value is -2.27. The van der Waals surface area contributed by atoms with E-state index in [0.717, 1.165) is 32.7 Å². The number of hydrogen-bond donors (Lipinski definition) is 1. The fourth-order valence-electron chi connectivity index (χ4n) is 2.69. The van der Waals surface area contributed by atoms with E-state index >= 15 is 0 Å². The molecule has 0 atom stereocenters. The summed E-state index contributed by atoms with van der Waals surface area (Å²) in [6, 6.07) is 11.7. The highest BCUT2D eigenvalue weighted by Gasteiger charge is 2.17. The quantitative estimate of drug-likeness (QED) is 0.170. The van der Waals surface area contributed by atoms with Crippen LogP contribution < -0.4 is 0 Å². The molecule has 148 valence electrons. The number of thioether (sulfide) groups is 2. The fraction of sp³-hybridized carbons (Fsp3) is 0.227. The number of aliphatic hydroxyl groups excluding tert-OH is 1. The van der Waals surface area contributed by atoms with Gasteiger partial charge in [0.1, 0.15) is 27.6 Å². The van der Waals surface area contributed by atoms with Crippen LogP contribution >= 0.6 is 34.9 Å². The van der Waals surface area contributed by atoms with Gasteiger partial charge in [0.2, 0.25) is 0 Å². The first-order valence-electron chi connectivity index (χ1n) is 9.18. The Bertz CT molecular complexity index is 1030. The van der Waals surface area contributed by atoms with Gasteiger partial charge in [-0.2, -0.15) is 17.0 Å². The van der Waals surface area contributed by atoms with E-state index in [2.05, 4.69) is 24.6 Å². The highest BCUT2D eigenvalue weighted by molar-refractivity contribution is 8.15. The van der Waals surface area contributed by atoms with Gasteiger partial charge in [0.15, 0.2) is 0 Å². The molecule has 3 aromatic rings. The number of benzene rings is 1. The smallest absolute Gasteiger partial charge is 0.141 e. The van der Waals surface area contributed by atoms with Crippen LogP contribution in [0.1, 0.15) is 30.9 Å². The van der Waals surface area contributed by atoms with Crippen LogP contribution in [-0.4, -0.2) is 25.9 Å². The van der Waals surface area contributed by atoms with E-state index in [0.29, 0.717) is 16.2 Å². The second kappa shape index (κ2) is 10.5. The van der Waals surface area contributed by atoms with E-state index < -0.39 is 0 Å². The molecule has 0 spiro atoms. The highest BCUT2D eigenvalue weighted by Crippen LogP contribution is 2.36. The predicted octanol–water partition coefficient (Wildman–Crippen LogP) is 6.86. The van der Waals surface area contributed by atoms with Gasteiger partial charge < -0.3 is 5.11 Å². The van der Waals surface area contributed by atoms with Crippen LogP contribution in [0.5, 0.6) is 0 Å². The van der Waals surface area contributed by atoms with Gasteiger partial charge in [0, 0.05) is 27.8 Å². The minimum absolute atomic E-state index is 0.00137. The maximum Gasteiger partial charge on any atom is 0.141 e. The van der Waals surface area contributed by atoms with E-state index in [1.165, 1.54) is 24.2 Å². The molecule has 2 aromatic heterocycles. The third-order valence-electron chi connectivity index (χ3n) is 4.18. The second-order valence-corrected chi connectivity index (χ2v) is 9.57. The van der Waals surface area contributed by atoms with Crippen molar-refractivity contribution >= 4 is 40.6 Å². The average Bonchev–Trinajstić information content (AvgIpc) is 3.28. The summed E-state index contributed by atoms with van der Waals surface area (Å²) in [6.45, 7) is 5.79. The van der Waals surface area contributed by atoms with Gasteiger partial charge in [-0.1, -0.05) is 49.9 Å². The highest BCUT2D eigenvalue weighted by atomic mass is 32.2. The lowest BCUT2D eigenvalue weighted by Gasteiger charge is -2.12. The Morgan fingerprint density at radius 3 is 2.90 bits per heavy atom. The van der Waals surface area contributed by atoms with Gasteiger partial charge in [0.05, 0.1) is 5.56 Å². The van der Waals surface area contributed by atoms with Crippen molar-refractivity contribution in [3.05, 3.63) is 59.6 Å². The van der Waals surface area contributed by atoms with Crippen LogP contribution in [-0.2, 0) is 0 Å². The fourth-order valence-corrected chi connectivity index (χ4v) is 5.49. The predicted molar refractivity (Wildman–Crippen MR) is 125 cm³/mol. The zero-order valence-corrected chi connectivity index (χ0v) is 18.5. The van der Waals surface area contributed by atoms with Crippen molar-refractivity contribution in [2.24, 2.45) is 0 Å². The van der Waals surface area contributed by atoms with Gasteiger partial charge in [-0.05, 0) is 29.9 Å². The molecule has 4 nitrogen and oxygen atoms in total.